The third-order valence-corrected chi connectivity index (χ3v) is 3.90. The lowest BCUT2D eigenvalue weighted by atomic mass is 10.1. The number of nitro groups is 1. The van der Waals surface area contributed by atoms with Crippen LogP contribution < -0.4 is 10.2 Å². The zero-order valence-corrected chi connectivity index (χ0v) is 13.3. The number of hydrogen-bond acceptors (Lipinski definition) is 5. The first-order chi connectivity index (χ1) is 11.5. The predicted octanol–water partition coefficient (Wildman–Crippen LogP) is 2.52. The number of nitrogens with zero attached hydrogens (tertiary/aromatic N) is 3. The summed E-state index contributed by atoms with van der Waals surface area (Å²) in [6.45, 7) is 0.488. The lowest BCUT2D eigenvalue weighted by Crippen LogP contribution is -2.25. The first-order valence-electron chi connectivity index (χ1n) is 7.74. The van der Waals surface area contributed by atoms with Gasteiger partial charge in [0.15, 0.2) is 0 Å². The van der Waals surface area contributed by atoms with E-state index < -0.39 is 4.92 Å². The number of carbonyl (C=O) groups excluding carboxylic acids is 1. The first kappa shape index (κ1) is 15.9. The van der Waals surface area contributed by atoms with Gasteiger partial charge in [0.05, 0.1) is 4.92 Å². The van der Waals surface area contributed by atoms with Gasteiger partial charge in [0.25, 0.3) is 11.6 Å². The Morgan fingerprint density at radius 1 is 1.42 bits per heavy atom. The van der Waals surface area contributed by atoms with E-state index in [0.717, 1.165) is 18.4 Å². The fraction of sp³-hybridized carbons (Fsp3) is 0.294. The number of anilines is 1. The van der Waals surface area contributed by atoms with E-state index in [0.29, 0.717) is 17.8 Å². The molecule has 1 heterocycles. The molecule has 3 rings (SSSR count). The Balaban J connectivity index is 1.83. The smallest absolute Gasteiger partial charge is 0.293 e. The van der Waals surface area contributed by atoms with E-state index >= 15 is 0 Å². The summed E-state index contributed by atoms with van der Waals surface area (Å²) in [5, 5.41) is 14.3. The van der Waals surface area contributed by atoms with E-state index in [2.05, 4.69) is 10.3 Å². The zero-order chi connectivity index (χ0) is 17.1. The predicted molar refractivity (Wildman–Crippen MR) is 89.9 cm³/mol. The number of aromatic nitrogens is 1. The van der Waals surface area contributed by atoms with Crippen LogP contribution in [-0.4, -0.2) is 28.9 Å². The van der Waals surface area contributed by atoms with Crippen molar-refractivity contribution in [3.8, 4) is 0 Å². The largest absolute Gasteiger partial charge is 0.365 e. The van der Waals surface area contributed by atoms with Crippen molar-refractivity contribution in [2.45, 2.75) is 25.4 Å². The molecule has 1 N–H and O–H groups in total. The number of hydrogen-bond donors (Lipinski definition) is 1. The first-order valence-corrected chi connectivity index (χ1v) is 7.74. The molecule has 7 nitrogen and oxygen atoms in total. The molecule has 0 spiro atoms. The lowest BCUT2D eigenvalue weighted by Gasteiger charge is -2.19. The molecule has 1 saturated carbocycles. The van der Waals surface area contributed by atoms with Gasteiger partial charge in [-0.25, -0.2) is 0 Å². The minimum Gasteiger partial charge on any atom is -0.365 e. The third kappa shape index (κ3) is 3.68. The molecule has 2 aromatic rings. The SMILES string of the molecule is CN(Cc1cccnc1)c1ccc(C(=O)NC2CC2)cc1[N+](=O)[O-]. The van der Waals surface area contributed by atoms with E-state index in [4.69, 9.17) is 0 Å². The van der Waals surface area contributed by atoms with Crippen LogP contribution in [0, 0.1) is 10.1 Å². The highest BCUT2D eigenvalue weighted by Gasteiger charge is 2.25. The molecule has 1 aliphatic carbocycles. The van der Waals surface area contributed by atoms with Gasteiger partial charge in [-0.2, -0.15) is 0 Å². The van der Waals surface area contributed by atoms with Crippen LogP contribution in [0.25, 0.3) is 0 Å². The Hall–Kier alpha value is -2.96. The van der Waals surface area contributed by atoms with Gasteiger partial charge < -0.3 is 10.2 Å². The molecule has 1 aliphatic rings. The number of benzene rings is 1. The van der Waals surface area contributed by atoms with Gasteiger partial charge in [0, 0.05) is 43.7 Å². The maximum absolute atomic E-state index is 12.1. The van der Waals surface area contributed by atoms with Gasteiger partial charge in [-0.1, -0.05) is 6.07 Å². The van der Waals surface area contributed by atoms with Crippen LogP contribution in [0.15, 0.2) is 42.7 Å². The molecule has 0 atom stereocenters. The molecule has 0 bridgehead atoms. The van der Waals surface area contributed by atoms with Crippen LogP contribution in [0.4, 0.5) is 11.4 Å². The van der Waals surface area contributed by atoms with Gasteiger partial charge in [-0.15, -0.1) is 0 Å². The molecule has 24 heavy (non-hydrogen) atoms. The highest BCUT2D eigenvalue weighted by Crippen LogP contribution is 2.30. The standard InChI is InChI=1S/C17H18N4O3/c1-20(11-12-3-2-8-18-10-12)15-7-4-13(9-16(15)21(23)24)17(22)19-14-5-6-14/h2-4,7-10,14H,5-6,11H2,1H3,(H,19,22). The van der Waals surface area contributed by atoms with Gasteiger partial charge >= 0.3 is 0 Å². The van der Waals surface area contributed by atoms with Crippen molar-refractivity contribution in [1.29, 1.82) is 0 Å². The van der Waals surface area contributed by atoms with E-state index in [1.807, 2.05) is 12.1 Å². The average molecular weight is 326 g/mol. The molecule has 1 amide bonds. The van der Waals surface area contributed by atoms with Crippen molar-refractivity contribution >= 4 is 17.3 Å². The van der Waals surface area contributed by atoms with Crippen molar-refractivity contribution < 1.29 is 9.72 Å². The third-order valence-electron chi connectivity index (χ3n) is 3.90. The quantitative estimate of drug-likeness (QED) is 0.651. The average Bonchev–Trinajstić information content (AvgIpc) is 3.39. The van der Waals surface area contributed by atoms with Gasteiger partial charge in [-0.3, -0.25) is 19.9 Å². The van der Waals surface area contributed by atoms with Crippen molar-refractivity contribution in [1.82, 2.24) is 10.3 Å². The Labute approximate surface area is 139 Å². The van der Waals surface area contributed by atoms with E-state index in [1.54, 1.807) is 36.5 Å². The zero-order valence-electron chi connectivity index (χ0n) is 13.3. The molecular weight excluding hydrogens is 308 g/mol. The van der Waals surface area contributed by atoms with Crippen molar-refractivity contribution in [2.75, 3.05) is 11.9 Å². The summed E-state index contributed by atoms with van der Waals surface area (Å²) >= 11 is 0. The summed E-state index contributed by atoms with van der Waals surface area (Å²) in [4.78, 5) is 28.9. The molecule has 0 radical (unpaired) electrons. The number of amides is 1. The number of carbonyl (C=O) groups is 1. The maximum Gasteiger partial charge on any atom is 0.293 e. The Morgan fingerprint density at radius 2 is 2.21 bits per heavy atom. The fourth-order valence-electron chi connectivity index (χ4n) is 2.48. The Morgan fingerprint density at radius 3 is 2.83 bits per heavy atom. The molecular formula is C17H18N4O3. The summed E-state index contributed by atoms with van der Waals surface area (Å²) in [6, 6.07) is 8.53. The van der Waals surface area contributed by atoms with Crippen LogP contribution in [0.3, 0.4) is 0 Å². The minimum absolute atomic E-state index is 0.0789. The van der Waals surface area contributed by atoms with Crippen LogP contribution in [0.1, 0.15) is 28.8 Å². The normalized spacial score (nSPS) is 13.4. The number of pyridine rings is 1. The number of rotatable bonds is 6. The van der Waals surface area contributed by atoms with Gasteiger partial charge in [0.2, 0.25) is 0 Å². The van der Waals surface area contributed by atoms with E-state index in [9.17, 15) is 14.9 Å². The second-order valence-corrected chi connectivity index (χ2v) is 5.93. The summed E-state index contributed by atoms with van der Waals surface area (Å²) in [5.74, 6) is -0.262. The summed E-state index contributed by atoms with van der Waals surface area (Å²) in [6.07, 6.45) is 5.35. The fourth-order valence-corrected chi connectivity index (χ4v) is 2.48. The Bertz CT molecular complexity index is 760. The molecule has 1 aromatic heterocycles. The lowest BCUT2D eigenvalue weighted by molar-refractivity contribution is -0.384. The monoisotopic (exact) mass is 326 g/mol. The minimum atomic E-state index is -0.455. The van der Waals surface area contributed by atoms with Gasteiger partial charge in [-0.05, 0) is 36.6 Å². The second-order valence-electron chi connectivity index (χ2n) is 5.93. The summed E-state index contributed by atoms with van der Waals surface area (Å²) < 4.78 is 0. The topological polar surface area (TPSA) is 88.4 Å². The maximum atomic E-state index is 12.1. The summed E-state index contributed by atoms with van der Waals surface area (Å²) in [7, 11) is 1.78. The number of nitro benzene ring substituents is 1. The van der Waals surface area contributed by atoms with E-state index in [1.165, 1.54) is 6.07 Å². The molecule has 0 aliphatic heterocycles. The molecule has 1 aromatic carbocycles. The van der Waals surface area contributed by atoms with Crippen LogP contribution in [-0.2, 0) is 6.54 Å². The summed E-state index contributed by atoms with van der Waals surface area (Å²) in [5.41, 5.74) is 1.65. The van der Waals surface area contributed by atoms with Gasteiger partial charge in [0.1, 0.15) is 5.69 Å². The van der Waals surface area contributed by atoms with Crippen molar-refractivity contribution in [3.63, 3.8) is 0 Å². The molecule has 7 heteroatoms. The van der Waals surface area contributed by atoms with Crippen molar-refractivity contribution in [3.05, 3.63) is 64.0 Å². The molecule has 1 fully saturated rings. The highest BCUT2D eigenvalue weighted by molar-refractivity contribution is 5.96. The molecule has 0 saturated heterocycles. The van der Waals surface area contributed by atoms with Crippen LogP contribution in [0.5, 0.6) is 0 Å². The molecule has 124 valence electrons. The second kappa shape index (κ2) is 6.66. The highest BCUT2D eigenvalue weighted by atomic mass is 16.6. The van der Waals surface area contributed by atoms with Crippen LogP contribution >= 0.6 is 0 Å². The van der Waals surface area contributed by atoms with E-state index in [-0.39, 0.29) is 17.6 Å². The Kier molecular flexibility index (Phi) is 4.41. The molecule has 0 unspecified atom stereocenters. The van der Waals surface area contributed by atoms with Crippen LogP contribution in [0.2, 0.25) is 0 Å². The van der Waals surface area contributed by atoms with Crippen molar-refractivity contribution in [2.24, 2.45) is 0 Å². The number of nitrogens with one attached hydrogen (secondary N) is 1.